The van der Waals surface area contributed by atoms with E-state index in [9.17, 15) is 0 Å². The van der Waals surface area contributed by atoms with Gasteiger partial charge in [0.2, 0.25) is 0 Å². The maximum Gasteiger partial charge on any atom is 0.0584 e. The van der Waals surface area contributed by atoms with Gasteiger partial charge in [-0.1, -0.05) is 33.1 Å². The molecule has 2 unspecified atom stereocenters. The van der Waals surface area contributed by atoms with Crippen molar-refractivity contribution in [1.82, 2.24) is 5.32 Å². The summed E-state index contributed by atoms with van der Waals surface area (Å²) < 4.78 is 0. The van der Waals surface area contributed by atoms with E-state index in [-0.39, 0.29) is 6.61 Å². The molecule has 0 spiro atoms. The highest BCUT2D eigenvalue weighted by Crippen LogP contribution is 2.26. The number of hydrogen-bond acceptors (Lipinski definition) is 2. The minimum Gasteiger partial charge on any atom is -0.395 e. The second-order valence-corrected chi connectivity index (χ2v) is 4.59. The SMILES string of the molecule is CCC1CCCC(N[C@H](CC)CO)C1. The Morgan fingerprint density at radius 1 is 1.36 bits per heavy atom. The van der Waals surface area contributed by atoms with Gasteiger partial charge in [-0.25, -0.2) is 0 Å². The first-order valence-electron chi connectivity index (χ1n) is 6.17. The zero-order valence-electron chi connectivity index (χ0n) is 9.63. The maximum absolute atomic E-state index is 9.12. The molecule has 1 saturated carbocycles. The molecule has 84 valence electrons. The van der Waals surface area contributed by atoms with Crippen LogP contribution >= 0.6 is 0 Å². The van der Waals surface area contributed by atoms with E-state index < -0.39 is 0 Å². The molecule has 2 heteroatoms. The molecule has 2 nitrogen and oxygen atoms in total. The molecule has 0 aromatic rings. The number of aliphatic hydroxyl groups is 1. The number of hydrogen-bond donors (Lipinski definition) is 2. The average Bonchev–Trinajstić information content (AvgIpc) is 2.26. The van der Waals surface area contributed by atoms with Gasteiger partial charge in [-0.15, -0.1) is 0 Å². The molecule has 0 radical (unpaired) electrons. The summed E-state index contributed by atoms with van der Waals surface area (Å²) in [5, 5.41) is 12.7. The van der Waals surface area contributed by atoms with Crippen LogP contribution in [0.2, 0.25) is 0 Å². The van der Waals surface area contributed by atoms with Crippen LogP contribution in [0, 0.1) is 5.92 Å². The third-order valence-corrected chi connectivity index (χ3v) is 3.54. The van der Waals surface area contributed by atoms with Gasteiger partial charge in [0, 0.05) is 12.1 Å². The molecule has 0 aromatic carbocycles. The second kappa shape index (κ2) is 6.41. The third-order valence-electron chi connectivity index (χ3n) is 3.54. The topological polar surface area (TPSA) is 32.3 Å². The Morgan fingerprint density at radius 3 is 2.71 bits per heavy atom. The lowest BCUT2D eigenvalue weighted by molar-refractivity contribution is 0.199. The summed E-state index contributed by atoms with van der Waals surface area (Å²) in [5.41, 5.74) is 0. The van der Waals surface area contributed by atoms with Crippen molar-refractivity contribution >= 4 is 0 Å². The Kier molecular flexibility index (Phi) is 5.49. The molecule has 0 aromatic heterocycles. The van der Waals surface area contributed by atoms with E-state index in [0.717, 1.165) is 12.3 Å². The highest BCUT2D eigenvalue weighted by atomic mass is 16.3. The Hall–Kier alpha value is -0.0800. The molecule has 0 amide bonds. The van der Waals surface area contributed by atoms with E-state index in [4.69, 9.17) is 5.11 Å². The largest absolute Gasteiger partial charge is 0.395 e. The normalized spacial score (nSPS) is 30.2. The lowest BCUT2D eigenvalue weighted by atomic mass is 9.84. The predicted molar refractivity (Wildman–Crippen MR) is 60.3 cm³/mol. The van der Waals surface area contributed by atoms with E-state index >= 15 is 0 Å². The van der Waals surface area contributed by atoms with E-state index in [1.54, 1.807) is 0 Å². The lowest BCUT2D eigenvalue weighted by Crippen LogP contribution is -2.42. The Bertz CT molecular complexity index is 145. The van der Waals surface area contributed by atoms with Gasteiger partial charge in [-0.05, 0) is 25.2 Å². The minimum absolute atomic E-state index is 0.282. The van der Waals surface area contributed by atoms with E-state index in [2.05, 4.69) is 19.2 Å². The molecular formula is C12H25NO. The van der Waals surface area contributed by atoms with Crippen LogP contribution in [0.3, 0.4) is 0 Å². The van der Waals surface area contributed by atoms with Gasteiger partial charge in [0.25, 0.3) is 0 Å². The molecular weight excluding hydrogens is 174 g/mol. The zero-order valence-corrected chi connectivity index (χ0v) is 9.63. The molecule has 1 aliphatic carbocycles. The fourth-order valence-corrected chi connectivity index (χ4v) is 2.45. The number of rotatable bonds is 5. The minimum atomic E-state index is 0.282. The van der Waals surface area contributed by atoms with Crippen molar-refractivity contribution in [2.24, 2.45) is 5.92 Å². The Labute approximate surface area is 88.1 Å². The first-order chi connectivity index (χ1) is 6.80. The van der Waals surface area contributed by atoms with E-state index in [1.165, 1.54) is 32.1 Å². The van der Waals surface area contributed by atoms with Crippen molar-refractivity contribution in [3.8, 4) is 0 Å². The highest BCUT2D eigenvalue weighted by molar-refractivity contribution is 4.80. The summed E-state index contributed by atoms with van der Waals surface area (Å²) in [4.78, 5) is 0. The van der Waals surface area contributed by atoms with Crippen molar-refractivity contribution in [2.75, 3.05) is 6.61 Å². The predicted octanol–water partition coefficient (Wildman–Crippen LogP) is 2.32. The molecule has 1 fully saturated rings. The molecule has 1 rings (SSSR count). The summed E-state index contributed by atoms with van der Waals surface area (Å²) in [6.07, 6.45) is 7.72. The van der Waals surface area contributed by atoms with Crippen LogP contribution in [0.5, 0.6) is 0 Å². The molecule has 2 N–H and O–H groups in total. The molecule has 0 aliphatic heterocycles. The number of nitrogens with one attached hydrogen (secondary N) is 1. The van der Waals surface area contributed by atoms with Gasteiger partial charge in [-0.2, -0.15) is 0 Å². The van der Waals surface area contributed by atoms with Crippen molar-refractivity contribution in [3.05, 3.63) is 0 Å². The van der Waals surface area contributed by atoms with Crippen molar-refractivity contribution in [3.63, 3.8) is 0 Å². The second-order valence-electron chi connectivity index (χ2n) is 4.59. The number of aliphatic hydroxyl groups excluding tert-OH is 1. The van der Waals surface area contributed by atoms with Crippen LogP contribution in [-0.4, -0.2) is 23.8 Å². The summed E-state index contributed by atoms with van der Waals surface area (Å²) in [5.74, 6) is 0.914. The Morgan fingerprint density at radius 2 is 2.14 bits per heavy atom. The first kappa shape index (κ1) is 12.0. The van der Waals surface area contributed by atoms with Crippen LogP contribution in [0.15, 0.2) is 0 Å². The zero-order chi connectivity index (χ0) is 10.4. The standard InChI is InChI=1S/C12H25NO/c1-3-10-6-5-7-12(8-10)13-11(4-2)9-14/h10-14H,3-9H2,1-2H3/t10?,11-,12?/m1/s1. The van der Waals surface area contributed by atoms with Crippen LogP contribution < -0.4 is 5.32 Å². The summed E-state index contributed by atoms with van der Waals surface area (Å²) in [6, 6.07) is 0.974. The summed E-state index contributed by atoms with van der Waals surface area (Å²) in [6.45, 7) is 4.70. The fraction of sp³-hybridized carbons (Fsp3) is 1.00. The summed E-state index contributed by atoms with van der Waals surface area (Å²) in [7, 11) is 0. The highest BCUT2D eigenvalue weighted by Gasteiger charge is 2.21. The van der Waals surface area contributed by atoms with Crippen LogP contribution in [0.4, 0.5) is 0 Å². The first-order valence-corrected chi connectivity index (χ1v) is 6.17. The summed E-state index contributed by atoms with van der Waals surface area (Å²) >= 11 is 0. The molecule has 1 aliphatic rings. The van der Waals surface area contributed by atoms with Crippen molar-refractivity contribution < 1.29 is 5.11 Å². The molecule has 0 heterocycles. The molecule has 14 heavy (non-hydrogen) atoms. The van der Waals surface area contributed by atoms with E-state index in [1.807, 2.05) is 0 Å². The van der Waals surface area contributed by atoms with E-state index in [0.29, 0.717) is 12.1 Å². The fourth-order valence-electron chi connectivity index (χ4n) is 2.45. The quantitative estimate of drug-likeness (QED) is 0.712. The van der Waals surface area contributed by atoms with Crippen LogP contribution in [0.25, 0.3) is 0 Å². The molecule has 0 saturated heterocycles. The van der Waals surface area contributed by atoms with Crippen molar-refractivity contribution in [1.29, 1.82) is 0 Å². The van der Waals surface area contributed by atoms with Gasteiger partial charge in [0.15, 0.2) is 0 Å². The third kappa shape index (κ3) is 3.58. The van der Waals surface area contributed by atoms with Gasteiger partial charge in [-0.3, -0.25) is 0 Å². The van der Waals surface area contributed by atoms with Gasteiger partial charge >= 0.3 is 0 Å². The Balaban J connectivity index is 2.29. The average molecular weight is 199 g/mol. The molecule has 0 bridgehead atoms. The molecule has 3 atom stereocenters. The van der Waals surface area contributed by atoms with Gasteiger partial charge in [0.1, 0.15) is 0 Å². The van der Waals surface area contributed by atoms with Crippen molar-refractivity contribution in [2.45, 2.75) is 64.5 Å². The monoisotopic (exact) mass is 199 g/mol. The van der Waals surface area contributed by atoms with Gasteiger partial charge < -0.3 is 10.4 Å². The smallest absolute Gasteiger partial charge is 0.0584 e. The van der Waals surface area contributed by atoms with Crippen LogP contribution in [-0.2, 0) is 0 Å². The van der Waals surface area contributed by atoms with Gasteiger partial charge in [0.05, 0.1) is 6.61 Å². The maximum atomic E-state index is 9.12. The lowest BCUT2D eigenvalue weighted by Gasteiger charge is -2.31. The van der Waals surface area contributed by atoms with Crippen LogP contribution in [0.1, 0.15) is 52.4 Å².